The summed E-state index contributed by atoms with van der Waals surface area (Å²) in [5.41, 5.74) is 0.780. The van der Waals surface area contributed by atoms with Gasteiger partial charge >= 0.3 is 0 Å². The molecule has 1 aromatic rings. The summed E-state index contributed by atoms with van der Waals surface area (Å²) >= 11 is 0. The van der Waals surface area contributed by atoms with Crippen molar-refractivity contribution in [2.24, 2.45) is 0 Å². The quantitative estimate of drug-likeness (QED) is 0.709. The zero-order valence-electron chi connectivity index (χ0n) is 7.42. The van der Waals surface area contributed by atoms with Crippen LogP contribution in [0, 0.1) is 0 Å². The molecule has 0 heterocycles. The molecule has 3 heteroatoms. The molecule has 1 rings (SSSR count). The van der Waals surface area contributed by atoms with Crippen LogP contribution >= 0.6 is 0 Å². The number of carbonyl (C=O) groups excluding carboxylic acids is 1. The van der Waals surface area contributed by atoms with Crippen molar-refractivity contribution >= 4 is 5.78 Å². The van der Waals surface area contributed by atoms with Gasteiger partial charge in [-0.2, -0.15) is 0 Å². The number of rotatable bonds is 4. The van der Waals surface area contributed by atoms with E-state index in [4.69, 9.17) is 4.74 Å². The van der Waals surface area contributed by atoms with Gasteiger partial charge in [-0.3, -0.25) is 4.79 Å². The Bertz CT molecular complexity index is 297. The van der Waals surface area contributed by atoms with E-state index in [1.165, 1.54) is 0 Å². The van der Waals surface area contributed by atoms with Gasteiger partial charge in [0.2, 0.25) is 0 Å². The summed E-state index contributed by atoms with van der Waals surface area (Å²) in [7, 11) is 1.55. The molecule has 0 aromatic heterocycles. The van der Waals surface area contributed by atoms with E-state index in [1.807, 2.05) is 0 Å². The first-order valence-electron chi connectivity index (χ1n) is 3.97. The van der Waals surface area contributed by atoms with E-state index in [0.29, 0.717) is 5.75 Å². The lowest BCUT2D eigenvalue weighted by molar-refractivity contribution is -0.119. The number of alkyl halides is 1. The van der Waals surface area contributed by atoms with Gasteiger partial charge in [-0.05, 0) is 17.7 Å². The molecule has 0 radical (unpaired) electrons. The number of carbonyl (C=O) groups is 1. The monoisotopic (exact) mass is 182 g/mol. The third-order valence-corrected chi connectivity index (χ3v) is 1.68. The average Bonchev–Trinajstić information content (AvgIpc) is 2.18. The van der Waals surface area contributed by atoms with Gasteiger partial charge in [-0.1, -0.05) is 12.1 Å². The Morgan fingerprint density at radius 1 is 1.54 bits per heavy atom. The van der Waals surface area contributed by atoms with E-state index in [1.54, 1.807) is 31.4 Å². The topological polar surface area (TPSA) is 26.3 Å². The van der Waals surface area contributed by atoms with Gasteiger partial charge in [0.05, 0.1) is 7.11 Å². The molecule has 70 valence electrons. The fourth-order valence-electron chi connectivity index (χ4n) is 1.06. The molecule has 0 aliphatic heterocycles. The predicted octanol–water partition coefficient (Wildman–Crippen LogP) is 1.78. The Balaban J connectivity index is 2.71. The molecule has 0 saturated heterocycles. The minimum atomic E-state index is -0.906. The van der Waals surface area contributed by atoms with Crippen LogP contribution in [0.3, 0.4) is 0 Å². The molecule has 0 spiro atoms. The Morgan fingerprint density at radius 3 is 2.92 bits per heavy atom. The summed E-state index contributed by atoms with van der Waals surface area (Å²) in [5.74, 6) is 0.275. The summed E-state index contributed by atoms with van der Waals surface area (Å²) in [5, 5.41) is 0. The first-order valence-corrected chi connectivity index (χ1v) is 3.97. The Kier molecular flexibility index (Phi) is 3.43. The standard InChI is InChI=1S/C10H11FO2/c1-13-10-4-2-3-8(6-10)5-9(12)7-11/h2-4,6H,5,7H2,1H3. The highest BCUT2D eigenvalue weighted by atomic mass is 19.1. The van der Waals surface area contributed by atoms with Crippen LogP contribution in [-0.2, 0) is 11.2 Å². The molecule has 0 aliphatic carbocycles. The maximum Gasteiger partial charge on any atom is 0.168 e. The molecule has 0 amide bonds. The minimum absolute atomic E-state index is 0.133. The number of hydrogen-bond acceptors (Lipinski definition) is 2. The van der Waals surface area contributed by atoms with Gasteiger partial charge < -0.3 is 4.74 Å². The first kappa shape index (κ1) is 9.71. The normalized spacial score (nSPS) is 9.69. The number of benzene rings is 1. The van der Waals surface area contributed by atoms with Gasteiger partial charge in [0.15, 0.2) is 5.78 Å². The molecule has 0 bridgehead atoms. The third-order valence-electron chi connectivity index (χ3n) is 1.68. The second-order valence-electron chi connectivity index (χ2n) is 2.70. The Morgan fingerprint density at radius 2 is 2.31 bits per heavy atom. The van der Waals surface area contributed by atoms with Gasteiger partial charge in [-0.15, -0.1) is 0 Å². The molecule has 2 nitrogen and oxygen atoms in total. The third kappa shape index (κ3) is 2.86. The molecule has 1 aromatic carbocycles. The lowest BCUT2D eigenvalue weighted by Gasteiger charge is -2.02. The van der Waals surface area contributed by atoms with Gasteiger partial charge in [0.1, 0.15) is 12.4 Å². The van der Waals surface area contributed by atoms with Crippen molar-refractivity contribution in [2.45, 2.75) is 6.42 Å². The van der Waals surface area contributed by atoms with E-state index in [0.717, 1.165) is 5.56 Å². The van der Waals surface area contributed by atoms with E-state index >= 15 is 0 Å². The van der Waals surface area contributed by atoms with Crippen LogP contribution in [0.25, 0.3) is 0 Å². The molecular weight excluding hydrogens is 171 g/mol. The molecule has 0 aliphatic rings. The van der Waals surface area contributed by atoms with Gasteiger partial charge in [0, 0.05) is 6.42 Å². The second-order valence-corrected chi connectivity index (χ2v) is 2.70. The van der Waals surface area contributed by atoms with Crippen molar-refractivity contribution in [3.8, 4) is 5.75 Å². The van der Waals surface area contributed by atoms with Crippen LogP contribution in [0.15, 0.2) is 24.3 Å². The Hall–Kier alpha value is -1.38. The van der Waals surface area contributed by atoms with Crippen LogP contribution in [0.1, 0.15) is 5.56 Å². The highest BCUT2D eigenvalue weighted by molar-refractivity contribution is 5.81. The number of methoxy groups -OCH3 is 1. The van der Waals surface area contributed by atoms with Crippen molar-refractivity contribution in [3.05, 3.63) is 29.8 Å². The van der Waals surface area contributed by atoms with E-state index < -0.39 is 12.5 Å². The van der Waals surface area contributed by atoms with Gasteiger partial charge in [0.25, 0.3) is 0 Å². The molecule has 0 unspecified atom stereocenters. The summed E-state index contributed by atoms with van der Waals surface area (Å²) in [6.07, 6.45) is 0.133. The SMILES string of the molecule is COc1cccc(CC(=O)CF)c1. The van der Waals surface area contributed by atoms with Gasteiger partial charge in [-0.25, -0.2) is 4.39 Å². The predicted molar refractivity (Wildman–Crippen MR) is 47.7 cm³/mol. The summed E-state index contributed by atoms with van der Waals surface area (Å²) in [6, 6.07) is 7.06. The summed E-state index contributed by atoms with van der Waals surface area (Å²) in [6.45, 7) is -0.906. The van der Waals surface area contributed by atoms with Crippen LogP contribution in [0.2, 0.25) is 0 Å². The van der Waals surface area contributed by atoms with Crippen LogP contribution in [0.4, 0.5) is 4.39 Å². The van der Waals surface area contributed by atoms with Crippen LogP contribution in [-0.4, -0.2) is 19.6 Å². The van der Waals surface area contributed by atoms with E-state index in [9.17, 15) is 9.18 Å². The number of halogens is 1. The lowest BCUT2D eigenvalue weighted by Crippen LogP contribution is -2.04. The minimum Gasteiger partial charge on any atom is -0.497 e. The summed E-state index contributed by atoms with van der Waals surface area (Å²) in [4.78, 5) is 10.8. The molecule has 0 saturated carbocycles. The zero-order chi connectivity index (χ0) is 9.68. The zero-order valence-corrected chi connectivity index (χ0v) is 7.42. The van der Waals surface area contributed by atoms with Crippen LogP contribution < -0.4 is 4.74 Å². The second kappa shape index (κ2) is 4.60. The molecule has 0 N–H and O–H groups in total. The van der Waals surface area contributed by atoms with Crippen molar-refractivity contribution in [1.82, 2.24) is 0 Å². The highest BCUT2D eigenvalue weighted by Crippen LogP contribution is 2.12. The van der Waals surface area contributed by atoms with Crippen molar-refractivity contribution < 1.29 is 13.9 Å². The van der Waals surface area contributed by atoms with Crippen LogP contribution in [0.5, 0.6) is 5.75 Å². The van der Waals surface area contributed by atoms with Crippen molar-refractivity contribution in [3.63, 3.8) is 0 Å². The number of hydrogen-bond donors (Lipinski definition) is 0. The van der Waals surface area contributed by atoms with E-state index in [-0.39, 0.29) is 6.42 Å². The average molecular weight is 182 g/mol. The fourth-order valence-corrected chi connectivity index (χ4v) is 1.06. The fraction of sp³-hybridized carbons (Fsp3) is 0.300. The molecular formula is C10H11FO2. The largest absolute Gasteiger partial charge is 0.497 e. The first-order chi connectivity index (χ1) is 6.26. The molecule has 0 atom stereocenters. The Labute approximate surface area is 76.3 Å². The number of ketones is 1. The maximum absolute atomic E-state index is 11.9. The lowest BCUT2D eigenvalue weighted by atomic mass is 10.1. The highest BCUT2D eigenvalue weighted by Gasteiger charge is 2.03. The molecule has 13 heavy (non-hydrogen) atoms. The maximum atomic E-state index is 11.9. The smallest absolute Gasteiger partial charge is 0.168 e. The number of Topliss-reactive ketones (excluding diaryl/α,β-unsaturated/α-hetero) is 1. The van der Waals surface area contributed by atoms with Crippen molar-refractivity contribution in [2.75, 3.05) is 13.8 Å². The summed E-state index contributed by atoms with van der Waals surface area (Å²) < 4.78 is 16.8. The number of ether oxygens (including phenoxy) is 1. The van der Waals surface area contributed by atoms with Crippen molar-refractivity contribution in [1.29, 1.82) is 0 Å². The van der Waals surface area contributed by atoms with E-state index in [2.05, 4.69) is 0 Å². The molecule has 0 fully saturated rings.